The first-order valence-corrected chi connectivity index (χ1v) is 5.82. The van der Waals surface area contributed by atoms with Crippen LogP contribution < -0.4 is 21.5 Å². The summed E-state index contributed by atoms with van der Waals surface area (Å²) in [7, 11) is 1.43. The Hall–Kier alpha value is -2.43. The molecule has 0 aromatic heterocycles. The highest BCUT2D eigenvalue weighted by Crippen LogP contribution is 2.28. The third kappa shape index (κ3) is 2.88. The van der Waals surface area contributed by atoms with Crippen LogP contribution >= 0.6 is 0 Å². The van der Waals surface area contributed by atoms with Gasteiger partial charge in [0.25, 0.3) is 0 Å². The van der Waals surface area contributed by atoms with Crippen LogP contribution in [0.1, 0.15) is 5.56 Å². The second kappa shape index (κ2) is 5.48. The number of hydrogen-bond acceptors (Lipinski definition) is 4. The highest BCUT2D eigenvalue weighted by molar-refractivity contribution is 5.60. The largest absolute Gasteiger partial charge is 0.492 e. The van der Waals surface area contributed by atoms with E-state index in [-0.39, 0.29) is 5.75 Å². The maximum atomic E-state index is 13.5. The molecule has 0 heterocycles. The summed E-state index contributed by atoms with van der Waals surface area (Å²) in [5.41, 5.74) is 14.3. The molecule has 0 aliphatic carbocycles. The maximum absolute atomic E-state index is 13.5. The van der Waals surface area contributed by atoms with Crippen molar-refractivity contribution in [2.45, 2.75) is 6.54 Å². The summed E-state index contributed by atoms with van der Waals surface area (Å²) < 4.78 is 18.5. The van der Waals surface area contributed by atoms with Gasteiger partial charge in [-0.3, -0.25) is 0 Å². The second-order valence-corrected chi connectivity index (χ2v) is 4.13. The Bertz CT molecular complexity index is 587. The number of nitrogen functional groups attached to an aromatic ring is 2. The predicted molar refractivity (Wildman–Crippen MR) is 75.5 cm³/mol. The second-order valence-electron chi connectivity index (χ2n) is 4.13. The molecule has 5 heteroatoms. The normalized spacial score (nSPS) is 10.2. The molecule has 0 radical (unpaired) electrons. The van der Waals surface area contributed by atoms with E-state index < -0.39 is 5.82 Å². The van der Waals surface area contributed by atoms with Crippen LogP contribution in [0.2, 0.25) is 0 Å². The lowest BCUT2D eigenvalue weighted by Gasteiger charge is -2.13. The molecule has 0 bridgehead atoms. The van der Waals surface area contributed by atoms with Crippen LogP contribution in [0.3, 0.4) is 0 Å². The van der Waals surface area contributed by atoms with Crippen LogP contribution in [0.5, 0.6) is 5.75 Å². The zero-order valence-corrected chi connectivity index (χ0v) is 10.6. The molecular weight excluding hydrogens is 245 g/mol. The van der Waals surface area contributed by atoms with Gasteiger partial charge in [-0.1, -0.05) is 6.07 Å². The number of methoxy groups -OCH3 is 1. The monoisotopic (exact) mass is 261 g/mol. The lowest BCUT2D eigenvalue weighted by molar-refractivity contribution is 0.388. The Morgan fingerprint density at radius 3 is 2.74 bits per heavy atom. The van der Waals surface area contributed by atoms with Gasteiger partial charge in [0, 0.05) is 17.9 Å². The number of para-hydroxylation sites is 1. The molecule has 19 heavy (non-hydrogen) atoms. The zero-order chi connectivity index (χ0) is 13.8. The minimum absolute atomic E-state index is 0.185. The molecule has 0 amide bonds. The SMILES string of the molecule is COc1c(F)cccc1NCc1cc(N)ccc1N. The highest BCUT2D eigenvalue weighted by Gasteiger charge is 2.08. The van der Waals surface area contributed by atoms with Crippen molar-refractivity contribution in [2.75, 3.05) is 23.9 Å². The Morgan fingerprint density at radius 2 is 2.00 bits per heavy atom. The summed E-state index contributed by atoms with van der Waals surface area (Å²) in [6, 6.07) is 9.97. The van der Waals surface area contributed by atoms with Crippen molar-refractivity contribution >= 4 is 17.1 Å². The van der Waals surface area contributed by atoms with Crippen molar-refractivity contribution in [1.82, 2.24) is 0 Å². The van der Waals surface area contributed by atoms with Crippen molar-refractivity contribution in [2.24, 2.45) is 0 Å². The van der Waals surface area contributed by atoms with Gasteiger partial charge in [0.1, 0.15) is 0 Å². The fourth-order valence-corrected chi connectivity index (χ4v) is 1.82. The summed E-state index contributed by atoms with van der Waals surface area (Å²) in [6.07, 6.45) is 0. The molecule has 0 aliphatic rings. The minimum atomic E-state index is -0.409. The van der Waals surface area contributed by atoms with Crippen molar-refractivity contribution in [3.63, 3.8) is 0 Å². The van der Waals surface area contributed by atoms with Gasteiger partial charge < -0.3 is 21.5 Å². The highest BCUT2D eigenvalue weighted by atomic mass is 19.1. The van der Waals surface area contributed by atoms with Gasteiger partial charge in [-0.2, -0.15) is 0 Å². The molecule has 0 unspecified atom stereocenters. The molecular formula is C14H16FN3O. The minimum Gasteiger partial charge on any atom is -0.492 e. The molecule has 2 aromatic carbocycles. The van der Waals surface area contributed by atoms with Crippen LogP contribution in [0.15, 0.2) is 36.4 Å². The van der Waals surface area contributed by atoms with Crippen LogP contribution in [-0.4, -0.2) is 7.11 Å². The van der Waals surface area contributed by atoms with Crippen LogP contribution in [0.4, 0.5) is 21.5 Å². The predicted octanol–water partition coefficient (Wildman–Crippen LogP) is 2.61. The fourth-order valence-electron chi connectivity index (χ4n) is 1.82. The number of nitrogens with one attached hydrogen (secondary N) is 1. The molecule has 5 N–H and O–H groups in total. The molecule has 2 aromatic rings. The van der Waals surface area contributed by atoms with Gasteiger partial charge in [0.2, 0.25) is 0 Å². The Morgan fingerprint density at radius 1 is 1.21 bits per heavy atom. The molecule has 0 spiro atoms. The van der Waals surface area contributed by atoms with E-state index in [1.54, 1.807) is 30.3 Å². The Balaban J connectivity index is 2.19. The Labute approximate surface area is 111 Å². The number of nitrogens with two attached hydrogens (primary N) is 2. The summed E-state index contributed by atoms with van der Waals surface area (Å²) in [5.74, 6) is -0.224. The molecule has 0 atom stereocenters. The van der Waals surface area contributed by atoms with E-state index in [0.29, 0.717) is 23.6 Å². The molecule has 0 fully saturated rings. The first-order chi connectivity index (χ1) is 9.11. The number of rotatable bonds is 4. The molecule has 2 rings (SSSR count). The summed E-state index contributed by atoms with van der Waals surface area (Å²) in [4.78, 5) is 0. The zero-order valence-electron chi connectivity index (χ0n) is 10.6. The summed E-state index contributed by atoms with van der Waals surface area (Å²) >= 11 is 0. The average molecular weight is 261 g/mol. The average Bonchev–Trinajstić information content (AvgIpc) is 2.40. The van der Waals surface area contributed by atoms with E-state index >= 15 is 0 Å². The van der Waals surface area contributed by atoms with Gasteiger partial charge in [-0.05, 0) is 35.9 Å². The van der Waals surface area contributed by atoms with Gasteiger partial charge in [-0.25, -0.2) is 4.39 Å². The quantitative estimate of drug-likeness (QED) is 0.740. The molecule has 0 aliphatic heterocycles. The molecule has 100 valence electrons. The summed E-state index contributed by atoms with van der Waals surface area (Å²) in [5, 5.41) is 3.09. The molecule has 0 saturated heterocycles. The number of anilines is 3. The van der Waals surface area contributed by atoms with E-state index in [2.05, 4.69) is 5.32 Å². The van der Waals surface area contributed by atoms with Crippen molar-refractivity contribution < 1.29 is 9.13 Å². The topological polar surface area (TPSA) is 73.3 Å². The number of halogens is 1. The van der Waals surface area contributed by atoms with E-state index in [0.717, 1.165) is 5.56 Å². The first-order valence-electron chi connectivity index (χ1n) is 5.82. The van der Waals surface area contributed by atoms with Gasteiger partial charge >= 0.3 is 0 Å². The van der Waals surface area contributed by atoms with E-state index in [9.17, 15) is 4.39 Å². The van der Waals surface area contributed by atoms with Crippen LogP contribution in [0, 0.1) is 5.82 Å². The number of hydrogen-bond donors (Lipinski definition) is 3. The van der Waals surface area contributed by atoms with Crippen molar-refractivity contribution in [3.05, 3.63) is 47.8 Å². The van der Waals surface area contributed by atoms with E-state index in [4.69, 9.17) is 16.2 Å². The van der Waals surface area contributed by atoms with Crippen LogP contribution in [0.25, 0.3) is 0 Å². The fraction of sp³-hybridized carbons (Fsp3) is 0.143. The standard InChI is InChI=1S/C14H16FN3O/c1-19-14-11(15)3-2-4-13(14)18-8-9-7-10(16)5-6-12(9)17/h2-7,18H,8,16-17H2,1H3. The van der Waals surface area contributed by atoms with Gasteiger partial charge in [0.05, 0.1) is 12.8 Å². The number of benzene rings is 2. The summed E-state index contributed by atoms with van der Waals surface area (Å²) in [6.45, 7) is 0.441. The number of ether oxygens (including phenoxy) is 1. The molecule has 4 nitrogen and oxygen atoms in total. The van der Waals surface area contributed by atoms with Crippen LogP contribution in [-0.2, 0) is 6.54 Å². The van der Waals surface area contributed by atoms with Gasteiger partial charge in [-0.15, -0.1) is 0 Å². The van der Waals surface area contributed by atoms with Gasteiger partial charge in [0.15, 0.2) is 11.6 Å². The Kier molecular flexibility index (Phi) is 3.75. The van der Waals surface area contributed by atoms with E-state index in [1.807, 2.05) is 0 Å². The van der Waals surface area contributed by atoms with Crippen molar-refractivity contribution in [1.29, 1.82) is 0 Å². The lowest BCUT2D eigenvalue weighted by Crippen LogP contribution is -2.05. The third-order valence-corrected chi connectivity index (χ3v) is 2.81. The van der Waals surface area contributed by atoms with Crippen molar-refractivity contribution in [3.8, 4) is 5.75 Å². The maximum Gasteiger partial charge on any atom is 0.177 e. The van der Waals surface area contributed by atoms with E-state index in [1.165, 1.54) is 13.2 Å². The lowest BCUT2D eigenvalue weighted by atomic mass is 10.1. The molecule has 0 saturated carbocycles. The third-order valence-electron chi connectivity index (χ3n) is 2.81. The first kappa shape index (κ1) is 13.0. The smallest absolute Gasteiger partial charge is 0.177 e.